The fourth-order valence-electron chi connectivity index (χ4n) is 0.731. The summed E-state index contributed by atoms with van der Waals surface area (Å²) in [4.78, 5) is 0. The second-order valence-corrected chi connectivity index (χ2v) is 4.19. The first-order valence-corrected chi connectivity index (χ1v) is 4.07. The minimum Gasteiger partial charge on any atom is -0.420 e. The molecule has 0 unspecified atom stereocenters. The molecule has 74 valence electrons. The molecule has 0 amide bonds. The lowest BCUT2D eigenvalue weighted by atomic mass is 10.1. The Kier molecular flexibility index (Phi) is 2.17. The van der Waals surface area contributed by atoms with E-state index < -0.39 is 11.1 Å². The lowest BCUT2D eigenvalue weighted by Gasteiger charge is -2.13. The van der Waals surface area contributed by atoms with Crippen LogP contribution in [0.4, 0.5) is 0 Å². The van der Waals surface area contributed by atoms with Crippen LogP contribution in [-0.4, -0.2) is 15.3 Å². The maximum atomic E-state index is 9.53. The first-order chi connectivity index (χ1) is 5.71. The van der Waals surface area contributed by atoms with Crippen LogP contribution in [0.25, 0.3) is 0 Å². The average molecular weight is 185 g/mol. The van der Waals surface area contributed by atoms with Gasteiger partial charge in [-0.15, -0.1) is 10.2 Å². The summed E-state index contributed by atoms with van der Waals surface area (Å²) in [6.45, 7) is 6.67. The van der Waals surface area contributed by atoms with Gasteiger partial charge in [-0.3, -0.25) is 0 Å². The summed E-state index contributed by atoms with van der Waals surface area (Å²) in [5, 5.41) is 17.0. The van der Waals surface area contributed by atoms with Gasteiger partial charge in [0.2, 0.25) is 11.8 Å². The number of aromatic nitrogens is 2. The van der Waals surface area contributed by atoms with Crippen molar-refractivity contribution >= 4 is 0 Å². The molecule has 0 aliphatic heterocycles. The van der Waals surface area contributed by atoms with Gasteiger partial charge in [0.15, 0.2) is 0 Å². The van der Waals surface area contributed by atoms with Gasteiger partial charge >= 0.3 is 0 Å². The minimum atomic E-state index is -1.11. The largest absolute Gasteiger partial charge is 0.420 e. The maximum absolute atomic E-state index is 9.53. The van der Waals surface area contributed by atoms with E-state index in [1.54, 1.807) is 27.7 Å². The molecule has 1 heterocycles. The second-order valence-electron chi connectivity index (χ2n) is 4.19. The van der Waals surface area contributed by atoms with Crippen molar-refractivity contribution < 1.29 is 9.52 Å². The Bertz CT molecular complexity index is 265. The van der Waals surface area contributed by atoms with Crippen molar-refractivity contribution in [2.75, 3.05) is 0 Å². The van der Waals surface area contributed by atoms with E-state index in [0.29, 0.717) is 5.89 Å². The highest BCUT2D eigenvalue weighted by molar-refractivity contribution is 4.98. The zero-order valence-electron chi connectivity index (χ0n) is 8.33. The minimum absolute atomic E-state index is 0.182. The monoisotopic (exact) mass is 185 g/mol. The molecular weight excluding hydrogens is 170 g/mol. The zero-order chi connectivity index (χ0) is 10.3. The molecule has 1 rings (SSSR count). The summed E-state index contributed by atoms with van der Waals surface area (Å²) < 4.78 is 5.22. The molecule has 13 heavy (non-hydrogen) atoms. The highest BCUT2D eigenvalue weighted by Crippen LogP contribution is 2.21. The fraction of sp³-hybridized carbons (Fsp3) is 0.750. The van der Waals surface area contributed by atoms with Crippen LogP contribution in [0.5, 0.6) is 0 Å². The molecule has 0 saturated heterocycles. The molecule has 5 heteroatoms. The molecule has 0 aliphatic rings. The Labute approximate surface area is 77.0 Å². The van der Waals surface area contributed by atoms with E-state index in [0.717, 1.165) is 0 Å². The van der Waals surface area contributed by atoms with Crippen LogP contribution in [0.3, 0.4) is 0 Å². The van der Waals surface area contributed by atoms with E-state index >= 15 is 0 Å². The normalized spacial score (nSPS) is 13.4. The van der Waals surface area contributed by atoms with Crippen molar-refractivity contribution in [3.8, 4) is 0 Å². The molecule has 0 aromatic carbocycles. The van der Waals surface area contributed by atoms with E-state index in [4.69, 9.17) is 10.2 Å². The molecular formula is C8H15N3O2. The molecule has 0 atom stereocenters. The van der Waals surface area contributed by atoms with E-state index in [2.05, 4.69) is 10.2 Å². The third-order valence-electron chi connectivity index (χ3n) is 1.50. The van der Waals surface area contributed by atoms with Crippen molar-refractivity contribution in [2.45, 2.75) is 38.8 Å². The lowest BCUT2D eigenvalue weighted by molar-refractivity contribution is 0.0459. The topological polar surface area (TPSA) is 85.2 Å². The van der Waals surface area contributed by atoms with E-state index in [1.165, 1.54) is 0 Å². The molecule has 5 nitrogen and oxygen atoms in total. The van der Waals surface area contributed by atoms with Crippen molar-refractivity contribution in [1.82, 2.24) is 10.2 Å². The molecule has 0 spiro atoms. The van der Waals surface area contributed by atoms with Gasteiger partial charge in [-0.2, -0.15) is 0 Å². The number of nitrogens with zero attached hydrogens (tertiary/aromatic N) is 2. The molecule has 0 fully saturated rings. The quantitative estimate of drug-likeness (QED) is 0.700. The summed E-state index contributed by atoms with van der Waals surface area (Å²) in [7, 11) is 0. The number of hydrogen-bond donors (Lipinski definition) is 2. The molecule has 0 saturated carbocycles. The summed E-state index contributed by atoms with van der Waals surface area (Å²) in [6, 6.07) is 0. The summed E-state index contributed by atoms with van der Waals surface area (Å²) in [5.74, 6) is 0.505. The Hall–Kier alpha value is -0.940. The molecule has 3 N–H and O–H groups in total. The highest BCUT2D eigenvalue weighted by Gasteiger charge is 2.28. The van der Waals surface area contributed by atoms with E-state index in [1.807, 2.05) is 0 Å². The first kappa shape index (κ1) is 10.1. The summed E-state index contributed by atoms with van der Waals surface area (Å²) >= 11 is 0. The first-order valence-electron chi connectivity index (χ1n) is 4.07. The predicted molar refractivity (Wildman–Crippen MR) is 46.8 cm³/mol. The van der Waals surface area contributed by atoms with Crippen LogP contribution in [0.2, 0.25) is 0 Å². The van der Waals surface area contributed by atoms with Gasteiger partial charge in [0.05, 0.1) is 5.54 Å². The molecule has 0 bridgehead atoms. The van der Waals surface area contributed by atoms with Crippen molar-refractivity contribution in [1.29, 1.82) is 0 Å². The van der Waals surface area contributed by atoms with Crippen molar-refractivity contribution in [3.63, 3.8) is 0 Å². The number of aliphatic hydroxyl groups is 1. The van der Waals surface area contributed by atoms with Gasteiger partial charge in [-0.05, 0) is 27.7 Å². The SMILES string of the molecule is CC(C)(N)c1nnc(C(C)(C)O)o1. The van der Waals surface area contributed by atoms with Crippen LogP contribution >= 0.6 is 0 Å². The number of rotatable bonds is 2. The Morgan fingerprint density at radius 1 is 1.15 bits per heavy atom. The Morgan fingerprint density at radius 2 is 1.62 bits per heavy atom. The van der Waals surface area contributed by atoms with Crippen LogP contribution in [0.1, 0.15) is 39.5 Å². The van der Waals surface area contributed by atoms with Gasteiger partial charge in [0.25, 0.3) is 0 Å². The van der Waals surface area contributed by atoms with Gasteiger partial charge in [-0.25, -0.2) is 0 Å². The van der Waals surface area contributed by atoms with Gasteiger partial charge in [0.1, 0.15) is 5.60 Å². The smallest absolute Gasteiger partial charge is 0.247 e. The maximum Gasteiger partial charge on any atom is 0.247 e. The van der Waals surface area contributed by atoms with Gasteiger partial charge < -0.3 is 15.3 Å². The third-order valence-corrected chi connectivity index (χ3v) is 1.50. The zero-order valence-corrected chi connectivity index (χ0v) is 8.33. The lowest BCUT2D eigenvalue weighted by Crippen LogP contribution is -2.29. The number of hydrogen-bond acceptors (Lipinski definition) is 5. The average Bonchev–Trinajstić information content (AvgIpc) is 2.28. The van der Waals surface area contributed by atoms with Gasteiger partial charge in [0, 0.05) is 0 Å². The fourth-order valence-corrected chi connectivity index (χ4v) is 0.731. The van der Waals surface area contributed by atoms with E-state index in [-0.39, 0.29) is 5.89 Å². The van der Waals surface area contributed by atoms with Crippen LogP contribution in [0, 0.1) is 0 Å². The van der Waals surface area contributed by atoms with Crippen LogP contribution in [-0.2, 0) is 11.1 Å². The van der Waals surface area contributed by atoms with E-state index in [9.17, 15) is 5.11 Å². The Morgan fingerprint density at radius 3 is 1.85 bits per heavy atom. The van der Waals surface area contributed by atoms with Crippen molar-refractivity contribution in [3.05, 3.63) is 11.8 Å². The summed E-state index contributed by atoms with van der Waals surface area (Å²) in [5.41, 5.74) is 3.95. The third kappa shape index (κ3) is 2.26. The predicted octanol–water partition coefficient (Wildman–Crippen LogP) is 0.491. The molecule has 1 aromatic heterocycles. The standard InChI is InChI=1S/C8H15N3O2/c1-7(2,9)5-10-11-6(13-5)8(3,4)12/h12H,9H2,1-4H3. The van der Waals surface area contributed by atoms with Crippen LogP contribution < -0.4 is 5.73 Å². The summed E-state index contributed by atoms with van der Waals surface area (Å²) in [6.07, 6.45) is 0. The second kappa shape index (κ2) is 2.78. The van der Waals surface area contributed by atoms with Gasteiger partial charge in [-0.1, -0.05) is 0 Å². The highest BCUT2D eigenvalue weighted by atomic mass is 16.4. The molecule has 0 aliphatic carbocycles. The Balaban J connectivity index is 3.01. The molecule has 0 radical (unpaired) electrons. The molecule has 1 aromatic rings. The number of nitrogens with two attached hydrogens (primary N) is 1. The van der Waals surface area contributed by atoms with Crippen molar-refractivity contribution in [2.24, 2.45) is 5.73 Å². The van der Waals surface area contributed by atoms with Crippen LogP contribution in [0.15, 0.2) is 4.42 Å².